The number of nitro benzene ring substituents is 1. The number of nitrogens with one attached hydrogen (secondary N) is 1. The van der Waals surface area contributed by atoms with Gasteiger partial charge in [0.2, 0.25) is 5.82 Å². The van der Waals surface area contributed by atoms with Crippen LogP contribution in [0, 0.1) is 36.7 Å². The maximum Gasteiger partial charge on any atom is 0.306 e. The highest BCUT2D eigenvalue weighted by Gasteiger charge is 2.15. The normalized spacial score (nSPS) is 10.3. The van der Waals surface area contributed by atoms with Gasteiger partial charge in [0.25, 0.3) is 5.91 Å². The lowest BCUT2D eigenvalue weighted by atomic mass is 10.1. The van der Waals surface area contributed by atoms with E-state index < -0.39 is 22.3 Å². The van der Waals surface area contributed by atoms with Crippen molar-refractivity contribution in [2.75, 3.05) is 11.9 Å². The maximum absolute atomic E-state index is 13.3. The monoisotopic (exact) mass is 332 g/mol. The predicted molar refractivity (Wildman–Crippen MR) is 87.8 cm³/mol. The van der Waals surface area contributed by atoms with Crippen LogP contribution in [-0.2, 0) is 4.79 Å². The zero-order valence-corrected chi connectivity index (χ0v) is 13.6. The molecule has 7 heteroatoms. The van der Waals surface area contributed by atoms with Crippen LogP contribution >= 0.6 is 0 Å². The average Bonchev–Trinajstić information content (AvgIpc) is 2.47. The zero-order valence-electron chi connectivity index (χ0n) is 13.6. The van der Waals surface area contributed by atoms with Crippen molar-refractivity contribution in [2.45, 2.75) is 20.8 Å². The van der Waals surface area contributed by atoms with Gasteiger partial charge in [-0.15, -0.1) is 0 Å². The number of nitro groups is 1. The van der Waals surface area contributed by atoms with Gasteiger partial charge in [-0.3, -0.25) is 14.9 Å². The molecule has 2 aromatic rings. The van der Waals surface area contributed by atoms with Gasteiger partial charge in [0.15, 0.2) is 6.61 Å². The van der Waals surface area contributed by atoms with Gasteiger partial charge in [-0.2, -0.15) is 4.39 Å². The van der Waals surface area contributed by atoms with Crippen molar-refractivity contribution in [3.8, 4) is 5.75 Å². The van der Waals surface area contributed by atoms with Gasteiger partial charge in [0.05, 0.1) is 4.92 Å². The fourth-order valence-corrected chi connectivity index (χ4v) is 2.46. The molecule has 6 nitrogen and oxygen atoms in total. The fourth-order valence-electron chi connectivity index (χ4n) is 2.46. The molecule has 0 radical (unpaired) electrons. The summed E-state index contributed by atoms with van der Waals surface area (Å²) in [6.07, 6.45) is 0. The maximum atomic E-state index is 13.3. The summed E-state index contributed by atoms with van der Waals surface area (Å²) in [5.41, 5.74) is 2.36. The van der Waals surface area contributed by atoms with Gasteiger partial charge in [0, 0.05) is 11.8 Å². The number of nitrogens with zero attached hydrogens (tertiary/aromatic N) is 1. The molecular weight excluding hydrogens is 315 g/mol. The molecule has 1 N–H and O–H groups in total. The molecule has 0 aliphatic rings. The van der Waals surface area contributed by atoms with E-state index in [2.05, 4.69) is 5.32 Å². The molecular formula is C17H17FN2O4. The first-order valence-electron chi connectivity index (χ1n) is 7.22. The van der Waals surface area contributed by atoms with Crippen molar-refractivity contribution in [3.63, 3.8) is 0 Å². The molecule has 126 valence electrons. The number of anilines is 1. The van der Waals surface area contributed by atoms with E-state index in [0.717, 1.165) is 28.8 Å². The molecule has 1 amide bonds. The molecule has 0 aliphatic heterocycles. The molecule has 0 heterocycles. The van der Waals surface area contributed by atoms with E-state index in [1.54, 1.807) is 0 Å². The van der Waals surface area contributed by atoms with Crippen LogP contribution in [0.25, 0.3) is 0 Å². The standard InChI is InChI=1S/C17H17FN2O4/c1-10-6-11(2)17(12(3)7-10)24-9-16(21)19-13-4-5-14(18)15(8-13)20(22)23/h4-8H,9H2,1-3H3,(H,19,21). The summed E-state index contributed by atoms with van der Waals surface area (Å²) in [5, 5.41) is 13.2. The number of ether oxygens (including phenoxy) is 1. The van der Waals surface area contributed by atoms with E-state index in [1.807, 2.05) is 32.9 Å². The number of carbonyl (C=O) groups is 1. The molecule has 0 spiro atoms. The molecule has 2 rings (SSSR count). The number of carbonyl (C=O) groups excluding carboxylic acids is 1. The predicted octanol–water partition coefficient (Wildman–Crippen LogP) is 3.68. The summed E-state index contributed by atoms with van der Waals surface area (Å²) in [6, 6.07) is 7.05. The Morgan fingerprint density at radius 2 is 1.83 bits per heavy atom. The van der Waals surface area contributed by atoms with Crippen LogP contribution in [0.1, 0.15) is 16.7 Å². The Morgan fingerprint density at radius 3 is 2.42 bits per heavy atom. The minimum atomic E-state index is -0.958. The fraction of sp³-hybridized carbons (Fsp3) is 0.235. The molecule has 0 unspecified atom stereocenters. The average molecular weight is 332 g/mol. The van der Waals surface area contributed by atoms with Gasteiger partial charge in [-0.05, 0) is 44.0 Å². The lowest BCUT2D eigenvalue weighted by molar-refractivity contribution is -0.387. The molecule has 0 fully saturated rings. The van der Waals surface area contributed by atoms with Gasteiger partial charge in [-0.1, -0.05) is 17.7 Å². The Morgan fingerprint density at radius 1 is 1.21 bits per heavy atom. The van der Waals surface area contributed by atoms with Crippen LogP contribution in [-0.4, -0.2) is 17.4 Å². The Hall–Kier alpha value is -2.96. The molecule has 2 aromatic carbocycles. The highest BCUT2D eigenvalue weighted by molar-refractivity contribution is 5.92. The van der Waals surface area contributed by atoms with Crippen LogP contribution in [0.3, 0.4) is 0 Å². The van der Waals surface area contributed by atoms with Crippen molar-refractivity contribution in [1.29, 1.82) is 0 Å². The lowest BCUT2D eigenvalue weighted by Crippen LogP contribution is -2.20. The number of halogens is 1. The number of rotatable bonds is 5. The van der Waals surface area contributed by atoms with Crippen molar-refractivity contribution in [2.24, 2.45) is 0 Å². The van der Waals surface area contributed by atoms with E-state index in [0.29, 0.717) is 5.75 Å². The van der Waals surface area contributed by atoms with Crippen molar-refractivity contribution < 1.29 is 18.8 Å². The van der Waals surface area contributed by atoms with Gasteiger partial charge < -0.3 is 10.1 Å². The van der Waals surface area contributed by atoms with E-state index in [1.165, 1.54) is 6.07 Å². The highest BCUT2D eigenvalue weighted by Crippen LogP contribution is 2.25. The molecule has 0 aromatic heterocycles. The van der Waals surface area contributed by atoms with E-state index in [-0.39, 0.29) is 12.3 Å². The van der Waals surface area contributed by atoms with Gasteiger partial charge in [0.1, 0.15) is 5.75 Å². The van der Waals surface area contributed by atoms with Crippen LogP contribution in [0.15, 0.2) is 30.3 Å². The third-order valence-corrected chi connectivity index (χ3v) is 3.38. The zero-order chi connectivity index (χ0) is 17.9. The second-order valence-corrected chi connectivity index (χ2v) is 5.49. The molecule has 0 saturated carbocycles. The number of benzene rings is 2. The first-order chi connectivity index (χ1) is 11.3. The first kappa shape index (κ1) is 17.4. The summed E-state index contributed by atoms with van der Waals surface area (Å²) in [7, 11) is 0. The lowest BCUT2D eigenvalue weighted by Gasteiger charge is -2.13. The van der Waals surface area contributed by atoms with Crippen molar-refractivity contribution in [1.82, 2.24) is 0 Å². The van der Waals surface area contributed by atoms with Crippen LogP contribution in [0.5, 0.6) is 5.75 Å². The number of hydrogen-bond acceptors (Lipinski definition) is 4. The molecule has 24 heavy (non-hydrogen) atoms. The third-order valence-electron chi connectivity index (χ3n) is 3.38. The van der Waals surface area contributed by atoms with Crippen LogP contribution in [0.4, 0.5) is 15.8 Å². The summed E-state index contributed by atoms with van der Waals surface area (Å²) < 4.78 is 18.8. The van der Waals surface area contributed by atoms with Crippen molar-refractivity contribution in [3.05, 3.63) is 63.0 Å². The number of amides is 1. The molecule has 0 aliphatic carbocycles. The van der Waals surface area contributed by atoms with E-state index >= 15 is 0 Å². The van der Waals surface area contributed by atoms with Crippen LogP contribution < -0.4 is 10.1 Å². The summed E-state index contributed by atoms with van der Waals surface area (Å²) in [4.78, 5) is 21.8. The quantitative estimate of drug-likeness (QED) is 0.669. The Bertz CT molecular complexity index is 782. The minimum Gasteiger partial charge on any atom is -0.483 e. The molecule has 0 bridgehead atoms. The second-order valence-electron chi connectivity index (χ2n) is 5.49. The van der Waals surface area contributed by atoms with E-state index in [4.69, 9.17) is 4.74 Å². The van der Waals surface area contributed by atoms with Gasteiger partial charge in [-0.25, -0.2) is 0 Å². The summed E-state index contributed by atoms with van der Waals surface area (Å²) >= 11 is 0. The number of aryl methyl sites for hydroxylation is 3. The minimum absolute atomic E-state index is 0.133. The van der Waals surface area contributed by atoms with Crippen molar-refractivity contribution >= 4 is 17.3 Å². The first-order valence-corrected chi connectivity index (χ1v) is 7.22. The van der Waals surface area contributed by atoms with Crippen LogP contribution in [0.2, 0.25) is 0 Å². The van der Waals surface area contributed by atoms with Gasteiger partial charge >= 0.3 is 5.69 Å². The Kier molecular flexibility index (Phi) is 5.13. The van der Waals surface area contributed by atoms with E-state index in [9.17, 15) is 19.3 Å². The third kappa shape index (κ3) is 4.07. The summed E-state index contributed by atoms with van der Waals surface area (Å²) in [5.74, 6) is -0.823. The topological polar surface area (TPSA) is 81.5 Å². The SMILES string of the molecule is Cc1cc(C)c(OCC(=O)Nc2ccc(F)c([N+](=O)[O-])c2)c(C)c1. The highest BCUT2D eigenvalue weighted by atomic mass is 19.1. The summed E-state index contributed by atoms with van der Waals surface area (Å²) in [6.45, 7) is 5.49. The largest absolute Gasteiger partial charge is 0.483 e. The molecule has 0 saturated heterocycles. The second kappa shape index (κ2) is 7.08. The Balaban J connectivity index is 2.04. The smallest absolute Gasteiger partial charge is 0.306 e. The molecule has 0 atom stereocenters. The number of hydrogen-bond donors (Lipinski definition) is 1. The Labute approximate surface area is 138 Å².